The molecular formula is C23H26N4O2. The van der Waals surface area contributed by atoms with E-state index < -0.39 is 0 Å². The van der Waals surface area contributed by atoms with Crippen LogP contribution in [0.4, 0.5) is 17.2 Å². The Morgan fingerprint density at radius 3 is 2.48 bits per heavy atom. The third-order valence-corrected chi connectivity index (χ3v) is 4.34. The molecule has 1 amide bonds. The molecule has 0 fully saturated rings. The molecule has 0 aliphatic rings. The van der Waals surface area contributed by atoms with Crippen LogP contribution in [0.3, 0.4) is 0 Å². The highest BCUT2D eigenvalue weighted by atomic mass is 16.5. The molecule has 3 rings (SSSR count). The number of amides is 1. The lowest BCUT2D eigenvalue weighted by atomic mass is 10.0. The lowest BCUT2D eigenvalue weighted by Gasteiger charge is -2.15. The zero-order chi connectivity index (χ0) is 20.8. The maximum atomic E-state index is 12.7. The lowest BCUT2D eigenvalue weighted by molar-refractivity contribution is 0.102. The number of nitrogens with zero attached hydrogens (tertiary/aromatic N) is 2. The van der Waals surface area contributed by atoms with Crippen LogP contribution in [0.25, 0.3) is 0 Å². The number of anilines is 3. The molecule has 0 spiro atoms. The molecule has 2 aromatic carbocycles. The Balaban J connectivity index is 1.79. The topological polar surface area (TPSA) is 76.1 Å². The van der Waals surface area contributed by atoms with Crippen molar-refractivity contribution >= 4 is 23.1 Å². The number of rotatable bonds is 7. The SMILES string of the molecule is CCOc1ccc(NC(=O)c2cc(Nc3ccccc3C(C)C)nc(C)n2)cc1. The van der Waals surface area contributed by atoms with Crippen molar-refractivity contribution in [3.63, 3.8) is 0 Å². The molecule has 2 N–H and O–H groups in total. The van der Waals surface area contributed by atoms with Crippen LogP contribution in [-0.2, 0) is 0 Å². The maximum absolute atomic E-state index is 12.7. The number of ether oxygens (including phenoxy) is 1. The predicted octanol–water partition coefficient (Wildman–Crippen LogP) is 5.30. The molecule has 0 aliphatic heterocycles. The summed E-state index contributed by atoms with van der Waals surface area (Å²) in [6.45, 7) is 8.58. The molecule has 6 nitrogen and oxygen atoms in total. The molecule has 0 saturated carbocycles. The van der Waals surface area contributed by atoms with Crippen molar-refractivity contribution in [3.8, 4) is 5.75 Å². The van der Waals surface area contributed by atoms with E-state index in [-0.39, 0.29) is 5.91 Å². The van der Waals surface area contributed by atoms with E-state index in [0.717, 1.165) is 11.4 Å². The van der Waals surface area contributed by atoms with Gasteiger partial charge in [-0.2, -0.15) is 0 Å². The van der Waals surface area contributed by atoms with Crippen LogP contribution in [0, 0.1) is 6.92 Å². The minimum Gasteiger partial charge on any atom is -0.494 e. The van der Waals surface area contributed by atoms with Gasteiger partial charge in [0.2, 0.25) is 0 Å². The van der Waals surface area contributed by atoms with Gasteiger partial charge in [0.1, 0.15) is 23.1 Å². The molecular weight excluding hydrogens is 364 g/mol. The Morgan fingerprint density at radius 2 is 1.79 bits per heavy atom. The first kappa shape index (κ1) is 20.3. The summed E-state index contributed by atoms with van der Waals surface area (Å²) in [5, 5.41) is 6.19. The third-order valence-electron chi connectivity index (χ3n) is 4.34. The van der Waals surface area contributed by atoms with Crippen molar-refractivity contribution in [2.24, 2.45) is 0 Å². The highest BCUT2D eigenvalue weighted by molar-refractivity contribution is 6.03. The first-order chi connectivity index (χ1) is 14.0. The molecule has 150 valence electrons. The molecule has 0 unspecified atom stereocenters. The zero-order valence-corrected chi connectivity index (χ0v) is 17.2. The molecule has 0 saturated heterocycles. The van der Waals surface area contributed by atoms with Gasteiger partial charge in [-0.1, -0.05) is 32.0 Å². The molecule has 0 bridgehead atoms. The van der Waals surface area contributed by atoms with Gasteiger partial charge in [-0.05, 0) is 55.7 Å². The highest BCUT2D eigenvalue weighted by Crippen LogP contribution is 2.26. The number of nitrogens with one attached hydrogen (secondary N) is 2. The normalized spacial score (nSPS) is 10.7. The van der Waals surface area contributed by atoms with Gasteiger partial charge >= 0.3 is 0 Å². The number of aryl methyl sites for hydroxylation is 1. The number of carbonyl (C=O) groups is 1. The number of hydrogen-bond acceptors (Lipinski definition) is 5. The number of aromatic nitrogens is 2. The van der Waals surface area contributed by atoms with Gasteiger partial charge in [0.25, 0.3) is 5.91 Å². The molecule has 1 aromatic heterocycles. The van der Waals surface area contributed by atoms with Crippen LogP contribution in [-0.4, -0.2) is 22.5 Å². The fourth-order valence-corrected chi connectivity index (χ4v) is 3.00. The first-order valence-electron chi connectivity index (χ1n) is 9.72. The van der Waals surface area contributed by atoms with Gasteiger partial charge in [0.15, 0.2) is 0 Å². The van der Waals surface area contributed by atoms with Gasteiger partial charge in [-0.25, -0.2) is 9.97 Å². The number of benzene rings is 2. The Hall–Kier alpha value is -3.41. The summed E-state index contributed by atoms with van der Waals surface area (Å²) >= 11 is 0. The van der Waals surface area contributed by atoms with Gasteiger partial charge in [0.05, 0.1) is 6.61 Å². The van der Waals surface area contributed by atoms with Crippen LogP contribution in [0.15, 0.2) is 54.6 Å². The van der Waals surface area contributed by atoms with E-state index >= 15 is 0 Å². The van der Waals surface area contributed by atoms with E-state index in [1.54, 1.807) is 25.1 Å². The summed E-state index contributed by atoms with van der Waals surface area (Å²) in [6.07, 6.45) is 0. The molecule has 1 heterocycles. The summed E-state index contributed by atoms with van der Waals surface area (Å²) in [6, 6.07) is 17.0. The number of carbonyl (C=O) groups excluding carboxylic acids is 1. The van der Waals surface area contributed by atoms with Gasteiger partial charge in [-0.3, -0.25) is 4.79 Å². The Labute approximate surface area is 171 Å². The lowest BCUT2D eigenvalue weighted by Crippen LogP contribution is -2.15. The smallest absolute Gasteiger partial charge is 0.274 e. The van der Waals surface area contributed by atoms with Crippen molar-refractivity contribution in [1.82, 2.24) is 9.97 Å². The van der Waals surface area contributed by atoms with Crippen molar-refractivity contribution in [2.45, 2.75) is 33.6 Å². The molecule has 0 atom stereocenters. The van der Waals surface area contributed by atoms with E-state index in [1.807, 2.05) is 37.3 Å². The van der Waals surface area contributed by atoms with Crippen LogP contribution in [0.1, 0.15) is 48.6 Å². The predicted molar refractivity (Wildman–Crippen MR) is 116 cm³/mol. The first-order valence-corrected chi connectivity index (χ1v) is 9.72. The quantitative estimate of drug-likeness (QED) is 0.572. The zero-order valence-electron chi connectivity index (χ0n) is 17.2. The number of para-hydroxylation sites is 1. The second-order valence-electron chi connectivity index (χ2n) is 6.96. The summed E-state index contributed by atoms with van der Waals surface area (Å²) in [5.74, 6) is 1.94. The minimum absolute atomic E-state index is 0.292. The Bertz CT molecular complexity index is 984. The largest absolute Gasteiger partial charge is 0.494 e. The van der Waals surface area contributed by atoms with Crippen molar-refractivity contribution < 1.29 is 9.53 Å². The fraction of sp³-hybridized carbons (Fsp3) is 0.261. The fourth-order valence-electron chi connectivity index (χ4n) is 3.00. The van der Waals surface area contributed by atoms with Gasteiger partial charge < -0.3 is 15.4 Å². The monoisotopic (exact) mass is 390 g/mol. The van der Waals surface area contributed by atoms with E-state index in [9.17, 15) is 4.79 Å². The van der Waals surface area contributed by atoms with Gasteiger partial charge in [0, 0.05) is 17.4 Å². The van der Waals surface area contributed by atoms with Crippen molar-refractivity contribution in [1.29, 1.82) is 0 Å². The Kier molecular flexibility index (Phi) is 6.44. The van der Waals surface area contributed by atoms with Crippen molar-refractivity contribution in [2.75, 3.05) is 17.2 Å². The van der Waals surface area contributed by atoms with E-state index in [2.05, 4.69) is 40.5 Å². The van der Waals surface area contributed by atoms with Crippen LogP contribution in [0.5, 0.6) is 5.75 Å². The van der Waals surface area contributed by atoms with Crippen LogP contribution in [0.2, 0.25) is 0 Å². The second-order valence-corrected chi connectivity index (χ2v) is 6.96. The summed E-state index contributed by atoms with van der Waals surface area (Å²) < 4.78 is 5.42. The summed E-state index contributed by atoms with van der Waals surface area (Å²) in [7, 11) is 0. The van der Waals surface area contributed by atoms with E-state index in [4.69, 9.17) is 4.74 Å². The third kappa shape index (κ3) is 5.31. The maximum Gasteiger partial charge on any atom is 0.274 e. The standard InChI is InChI=1S/C23H26N4O2/c1-5-29-18-12-10-17(11-13-18)26-23(28)21-14-22(25-16(4)24-21)27-20-9-7-6-8-19(20)15(2)3/h6-15H,5H2,1-4H3,(H,26,28)(H,24,25,27). The van der Waals surface area contributed by atoms with Crippen molar-refractivity contribution in [3.05, 3.63) is 71.7 Å². The molecule has 6 heteroatoms. The Morgan fingerprint density at radius 1 is 1.07 bits per heavy atom. The van der Waals surface area contributed by atoms with Crippen LogP contribution >= 0.6 is 0 Å². The molecule has 0 aliphatic carbocycles. The van der Waals surface area contributed by atoms with E-state index in [1.165, 1.54) is 5.56 Å². The second kappa shape index (κ2) is 9.19. The molecule has 3 aromatic rings. The average Bonchev–Trinajstić information content (AvgIpc) is 2.69. The van der Waals surface area contributed by atoms with Gasteiger partial charge in [-0.15, -0.1) is 0 Å². The summed E-state index contributed by atoms with van der Waals surface area (Å²) in [5.41, 5.74) is 3.13. The molecule has 29 heavy (non-hydrogen) atoms. The van der Waals surface area contributed by atoms with Crippen LogP contribution < -0.4 is 15.4 Å². The number of hydrogen-bond donors (Lipinski definition) is 2. The minimum atomic E-state index is -0.292. The molecule has 0 radical (unpaired) electrons. The van der Waals surface area contributed by atoms with E-state index in [0.29, 0.717) is 35.5 Å². The highest BCUT2D eigenvalue weighted by Gasteiger charge is 2.13. The average molecular weight is 390 g/mol. The summed E-state index contributed by atoms with van der Waals surface area (Å²) in [4.78, 5) is 21.4.